The fourth-order valence-electron chi connectivity index (χ4n) is 5.96. The van der Waals surface area contributed by atoms with Gasteiger partial charge < -0.3 is 19.9 Å². The summed E-state index contributed by atoms with van der Waals surface area (Å²) in [6.07, 6.45) is 8.77. The largest absolute Gasteiger partial charge is 0.461 e. The van der Waals surface area contributed by atoms with E-state index in [-0.39, 0.29) is 49.3 Å². The molecule has 1 aromatic heterocycles. The van der Waals surface area contributed by atoms with Gasteiger partial charge in [-0.15, -0.1) is 0 Å². The zero-order chi connectivity index (χ0) is 26.3. The summed E-state index contributed by atoms with van der Waals surface area (Å²) < 4.78 is 5.47. The van der Waals surface area contributed by atoms with Crippen molar-refractivity contribution in [3.8, 4) is 0 Å². The molecule has 1 atom stereocenters. The topological polar surface area (TPSA) is 91.5 Å². The van der Waals surface area contributed by atoms with Crippen LogP contribution >= 0.6 is 0 Å². The van der Waals surface area contributed by atoms with Gasteiger partial charge in [-0.3, -0.25) is 14.4 Å². The molecule has 200 valence electrons. The molecule has 0 aliphatic heterocycles. The van der Waals surface area contributed by atoms with Crippen molar-refractivity contribution >= 4 is 28.7 Å². The molecule has 0 spiro atoms. The monoisotopic (exact) mass is 515 g/mol. The van der Waals surface area contributed by atoms with Gasteiger partial charge in [-0.1, -0.05) is 74.2 Å². The Balaban J connectivity index is 1.31. The van der Waals surface area contributed by atoms with Crippen LogP contribution in [0.4, 0.5) is 0 Å². The van der Waals surface area contributed by atoms with Crippen molar-refractivity contribution in [2.45, 2.75) is 88.9 Å². The summed E-state index contributed by atoms with van der Waals surface area (Å²) in [7, 11) is 0. The zero-order valence-electron chi connectivity index (χ0n) is 21.9. The second-order valence-electron chi connectivity index (χ2n) is 10.6. The van der Waals surface area contributed by atoms with Gasteiger partial charge in [0.05, 0.1) is 0 Å². The van der Waals surface area contributed by atoms with Crippen LogP contribution in [0.15, 0.2) is 60.7 Å². The third-order valence-corrected chi connectivity index (χ3v) is 7.95. The first-order chi connectivity index (χ1) is 18.6. The Morgan fingerprint density at radius 3 is 2.18 bits per heavy atom. The minimum Gasteiger partial charge on any atom is -0.461 e. The van der Waals surface area contributed by atoms with Gasteiger partial charge in [-0.05, 0) is 49.8 Å². The van der Waals surface area contributed by atoms with E-state index in [0.29, 0.717) is 5.69 Å². The summed E-state index contributed by atoms with van der Waals surface area (Å²) >= 11 is 0. The molecule has 38 heavy (non-hydrogen) atoms. The Morgan fingerprint density at radius 1 is 0.895 bits per heavy atom. The Labute approximate surface area is 223 Å². The zero-order valence-corrected chi connectivity index (χ0v) is 21.9. The number of nitrogens with one attached hydrogen (secondary N) is 2. The summed E-state index contributed by atoms with van der Waals surface area (Å²) in [5, 5.41) is 3.92. The second kappa shape index (κ2) is 12.3. The quantitative estimate of drug-likeness (QED) is 0.349. The summed E-state index contributed by atoms with van der Waals surface area (Å²) in [4.78, 5) is 45.3. The highest BCUT2D eigenvalue weighted by atomic mass is 16.5. The molecule has 2 aromatic carbocycles. The van der Waals surface area contributed by atoms with Crippen molar-refractivity contribution in [1.82, 2.24) is 15.2 Å². The van der Waals surface area contributed by atoms with Crippen molar-refractivity contribution in [2.24, 2.45) is 0 Å². The van der Waals surface area contributed by atoms with E-state index in [2.05, 4.69) is 15.2 Å². The van der Waals surface area contributed by atoms with Crippen LogP contribution < -0.4 is 5.32 Å². The van der Waals surface area contributed by atoms with Gasteiger partial charge in [-0.25, -0.2) is 0 Å². The first kappa shape index (κ1) is 26.0. The Morgan fingerprint density at radius 2 is 1.53 bits per heavy atom. The molecule has 2 amide bonds. The van der Waals surface area contributed by atoms with E-state index in [1.807, 2.05) is 54.6 Å². The lowest BCUT2D eigenvalue weighted by Gasteiger charge is -2.37. The lowest BCUT2D eigenvalue weighted by Crippen LogP contribution is -2.54. The van der Waals surface area contributed by atoms with Crippen molar-refractivity contribution in [3.05, 3.63) is 71.9 Å². The van der Waals surface area contributed by atoms with Gasteiger partial charge in [0.1, 0.15) is 18.3 Å². The maximum Gasteiger partial charge on any atom is 0.306 e. The standard InChI is InChI=1S/C31H37N3O4/c35-29(38-21-22-10-2-1-3-11-22)19-18-27(33-30(36)28-20-23-12-4-9-17-26(23)32-28)31(37)34(24-13-5-6-14-24)25-15-7-8-16-25/h1-4,9-12,17,20,24-25,27,32H,5-8,13-16,18-19,21H2,(H,33,36)/t27-/m1/s1. The van der Waals surface area contributed by atoms with E-state index < -0.39 is 6.04 Å². The summed E-state index contributed by atoms with van der Waals surface area (Å²) in [5.41, 5.74) is 2.18. The van der Waals surface area contributed by atoms with Gasteiger partial charge in [0.25, 0.3) is 5.91 Å². The molecule has 7 heteroatoms. The number of nitrogens with zero attached hydrogens (tertiary/aromatic N) is 1. The van der Waals surface area contributed by atoms with Crippen molar-refractivity contribution in [3.63, 3.8) is 0 Å². The Kier molecular flexibility index (Phi) is 8.41. The number of carbonyl (C=O) groups excluding carboxylic acids is 3. The number of esters is 1. The third kappa shape index (κ3) is 6.26. The number of aromatic amines is 1. The predicted molar refractivity (Wildman–Crippen MR) is 146 cm³/mol. The molecule has 1 heterocycles. The molecule has 7 nitrogen and oxygen atoms in total. The van der Waals surface area contributed by atoms with Crippen LogP contribution in [0.1, 0.15) is 80.3 Å². The first-order valence-corrected chi connectivity index (χ1v) is 14.0. The average molecular weight is 516 g/mol. The highest BCUT2D eigenvalue weighted by molar-refractivity contribution is 6.00. The number of H-pyrrole nitrogens is 1. The minimum absolute atomic E-state index is 0.0550. The predicted octanol–water partition coefficient (Wildman–Crippen LogP) is 5.50. The highest BCUT2D eigenvalue weighted by Crippen LogP contribution is 2.32. The normalized spacial score (nSPS) is 16.9. The first-order valence-electron chi connectivity index (χ1n) is 14.0. The molecule has 0 bridgehead atoms. The molecule has 2 fully saturated rings. The number of amides is 2. The van der Waals surface area contributed by atoms with Gasteiger partial charge >= 0.3 is 5.97 Å². The number of aromatic nitrogens is 1. The number of ether oxygens (including phenoxy) is 1. The summed E-state index contributed by atoms with van der Waals surface area (Å²) in [5.74, 6) is -0.779. The van der Waals surface area contributed by atoms with Crippen molar-refractivity contribution < 1.29 is 19.1 Å². The molecule has 2 aliphatic carbocycles. The number of rotatable bonds is 10. The Bertz CT molecular complexity index is 1190. The molecule has 5 rings (SSSR count). The van der Waals surface area contributed by atoms with Crippen molar-refractivity contribution in [2.75, 3.05) is 0 Å². The number of benzene rings is 2. The molecule has 0 unspecified atom stereocenters. The smallest absolute Gasteiger partial charge is 0.306 e. The van der Waals surface area contributed by atoms with E-state index in [4.69, 9.17) is 4.74 Å². The van der Waals surface area contributed by atoms with E-state index >= 15 is 0 Å². The number of carbonyl (C=O) groups is 3. The highest BCUT2D eigenvalue weighted by Gasteiger charge is 2.38. The van der Waals surface area contributed by atoms with Gasteiger partial charge in [0.2, 0.25) is 5.91 Å². The maximum atomic E-state index is 14.1. The Hall–Kier alpha value is -3.61. The minimum atomic E-state index is -0.792. The summed E-state index contributed by atoms with van der Waals surface area (Å²) in [6.45, 7) is 0.190. The van der Waals surface area contributed by atoms with E-state index in [1.165, 1.54) is 0 Å². The van der Waals surface area contributed by atoms with Gasteiger partial charge in [0.15, 0.2) is 0 Å². The molecule has 2 aliphatic rings. The van der Waals surface area contributed by atoms with E-state index in [0.717, 1.165) is 67.8 Å². The van der Waals surface area contributed by atoms with E-state index in [9.17, 15) is 14.4 Å². The molecule has 2 N–H and O–H groups in total. The number of hydrogen-bond acceptors (Lipinski definition) is 4. The van der Waals surface area contributed by atoms with Gasteiger partial charge in [-0.2, -0.15) is 0 Å². The van der Waals surface area contributed by atoms with Crippen LogP contribution in [0.5, 0.6) is 0 Å². The lowest BCUT2D eigenvalue weighted by atomic mass is 10.0. The number of hydrogen-bond donors (Lipinski definition) is 2. The van der Waals surface area contributed by atoms with Crippen LogP contribution in [0.3, 0.4) is 0 Å². The molecule has 3 aromatic rings. The fourth-order valence-corrected chi connectivity index (χ4v) is 5.96. The van der Waals surface area contributed by atoms with Crippen LogP contribution in [0, 0.1) is 0 Å². The fraction of sp³-hybridized carbons (Fsp3) is 0.452. The number of fused-ring (bicyclic) bond motifs is 1. The maximum absolute atomic E-state index is 14.1. The van der Waals surface area contributed by atoms with Crippen molar-refractivity contribution in [1.29, 1.82) is 0 Å². The van der Waals surface area contributed by atoms with Crippen LogP contribution in [0.25, 0.3) is 10.9 Å². The summed E-state index contributed by atoms with van der Waals surface area (Å²) in [6, 6.07) is 18.6. The molecule has 2 saturated carbocycles. The van der Waals surface area contributed by atoms with Crippen LogP contribution in [0.2, 0.25) is 0 Å². The lowest BCUT2D eigenvalue weighted by molar-refractivity contribution is -0.145. The third-order valence-electron chi connectivity index (χ3n) is 7.95. The molecular weight excluding hydrogens is 478 g/mol. The molecule has 0 radical (unpaired) electrons. The average Bonchev–Trinajstić information content (AvgIpc) is 3.73. The second-order valence-corrected chi connectivity index (χ2v) is 10.6. The molecule has 0 saturated heterocycles. The number of para-hydroxylation sites is 1. The van der Waals surface area contributed by atoms with Gasteiger partial charge in [0, 0.05) is 29.4 Å². The van der Waals surface area contributed by atoms with E-state index in [1.54, 1.807) is 6.07 Å². The molecular formula is C31H37N3O4. The van der Waals surface area contributed by atoms with Crippen LogP contribution in [-0.2, 0) is 20.9 Å². The van der Waals surface area contributed by atoms with Crippen LogP contribution in [-0.4, -0.2) is 45.8 Å². The SMILES string of the molecule is O=C(CC[C@@H](NC(=O)c1cc2ccccc2[nH]1)C(=O)N(C1CCCC1)C1CCCC1)OCc1ccccc1.